The Bertz CT molecular complexity index is 509. The number of benzene rings is 1. The first-order chi connectivity index (χ1) is 9.95. The molecule has 114 valence electrons. The van der Waals surface area contributed by atoms with Crippen molar-refractivity contribution in [2.24, 2.45) is 5.92 Å². The van der Waals surface area contributed by atoms with Crippen LogP contribution in [0.3, 0.4) is 0 Å². The molecule has 1 aromatic rings. The third-order valence-electron chi connectivity index (χ3n) is 3.74. The predicted molar refractivity (Wildman–Crippen MR) is 79.6 cm³/mol. The molecule has 2 rings (SSSR count). The fourth-order valence-corrected chi connectivity index (χ4v) is 2.37. The van der Waals surface area contributed by atoms with Gasteiger partial charge < -0.3 is 21.1 Å². The molecule has 1 aromatic carbocycles. The summed E-state index contributed by atoms with van der Waals surface area (Å²) >= 11 is 0. The summed E-state index contributed by atoms with van der Waals surface area (Å²) in [6, 6.07) is 6.53. The van der Waals surface area contributed by atoms with E-state index in [1.54, 1.807) is 36.2 Å². The molecule has 21 heavy (non-hydrogen) atoms. The second-order valence-electron chi connectivity index (χ2n) is 5.57. The summed E-state index contributed by atoms with van der Waals surface area (Å²) in [6.07, 6.45) is 1.27. The summed E-state index contributed by atoms with van der Waals surface area (Å²) in [5.74, 6) is -0.0715. The second kappa shape index (κ2) is 6.58. The van der Waals surface area contributed by atoms with Gasteiger partial charge in [-0.1, -0.05) is 0 Å². The zero-order valence-corrected chi connectivity index (χ0v) is 12.1. The molecule has 0 aromatic heterocycles. The maximum atomic E-state index is 11.9. The highest BCUT2D eigenvalue weighted by molar-refractivity contribution is 5.96. The first-order valence-electron chi connectivity index (χ1n) is 7.01. The van der Waals surface area contributed by atoms with Crippen LogP contribution in [0.1, 0.15) is 23.2 Å². The SMILES string of the molecule is CN(CC1CC(O)C1)C(=O)CNC(=O)c1ccc(N)cc1. The predicted octanol–water partition coefficient (Wildman–Crippen LogP) is 0.228. The Kier molecular flexibility index (Phi) is 4.80. The fourth-order valence-electron chi connectivity index (χ4n) is 2.37. The van der Waals surface area contributed by atoms with Crippen molar-refractivity contribution in [1.29, 1.82) is 0 Å². The van der Waals surface area contributed by atoms with Gasteiger partial charge in [-0.3, -0.25) is 9.59 Å². The topological polar surface area (TPSA) is 95.7 Å². The lowest BCUT2D eigenvalue weighted by molar-refractivity contribution is -0.130. The monoisotopic (exact) mass is 291 g/mol. The number of nitrogens with one attached hydrogen (secondary N) is 1. The maximum absolute atomic E-state index is 11.9. The smallest absolute Gasteiger partial charge is 0.251 e. The van der Waals surface area contributed by atoms with E-state index in [-0.39, 0.29) is 24.5 Å². The van der Waals surface area contributed by atoms with Gasteiger partial charge in [-0.05, 0) is 43.0 Å². The molecule has 0 saturated heterocycles. The minimum absolute atomic E-state index is 0.0328. The van der Waals surface area contributed by atoms with Crippen molar-refractivity contribution >= 4 is 17.5 Å². The molecule has 4 N–H and O–H groups in total. The van der Waals surface area contributed by atoms with Crippen molar-refractivity contribution in [1.82, 2.24) is 10.2 Å². The molecule has 1 fully saturated rings. The summed E-state index contributed by atoms with van der Waals surface area (Å²) in [7, 11) is 1.71. The van der Waals surface area contributed by atoms with E-state index in [1.165, 1.54) is 0 Å². The normalized spacial score (nSPS) is 20.5. The number of rotatable bonds is 5. The minimum atomic E-state index is -0.296. The third-order valence-corrected chi connectivity index (χ3v) is 3.74. The van der Waals surface area contributed by atoms with Crippen LogP contribution >= 0.6 is 0 Å². The van der Waals surface area contributed by atoms with Gasteiger partial charge in [0.1, 0.15) is 0 Å². The van der Waals surface area contributed by atoms with E-state index in [9.17, 15) is 14.7 Å². The third kappa shape index (κ3) is 4.19. The van der Waals surface area contributed by atoms with Crippen molar-refractivity contribution in [3.63, 3.8) is 0 Å². The van der Waals surface area contributed by atoms with Gasteiger partial charge in [0.15, 0.2) is 0 Å². The highest BCUT2D eigenvalue weighted by Gasteiger charge is 2.29. The molecular weight excluding hydrogens is 270 g/mol. The van der Waals surface area contributed by atoms with Gasteiger partial charge in [-0.2, -0.15) is 0 Å². The molecule has 2 amide bonds. The number of carbonyl (C=O) groups excluding carboxylic acids is 2. The number of aliphatic hydroxyl groups is 1. The quantitative estimate of drug-likeness (QED) is 0.677. The number of hydrogen-bond acceptors (Lipinski definition) is 4. The number of anilines is 1. The van der Waals surface area contributed by atoms with E-state index in [1.807, 2.05) is 0 Å². The Hall–Kier alpha value is -2.08. The van der Waals surface area contributed by atoms with Crippen molar-refractivity contribution in [3.05, 3.63) is 29.8 Å². The molecule has 1 aliphatic carbocycles. The zero-order valence-electron chi connectivity index (χ0n) is 12.1. The Morgan fingerprint density at radius 2 is 1.95 bits per heavy atom. The van der Waals surface area contributed by atoms with Crippen molar-refractivity contribution in [3.8, 4) is 0 Å². The number of amides is 2. The van der Waals surface area contributed by atoms with E-state index in [2.05, 4.69) is 5.32 Å². The number of nitrogens with zero attached hydrogens (tertiary/aromatic N) is 1. The van der Waals surface area contributed by atoms with Crippen molar-refractivity contribution in [2.45, 2.75) is 18.9 Å². The maximum Gasteiger partial charge on any atom is 0.251 e. The molecule has 0 bridgehead atoms. The number of aliphatic hydroxyl groups excluding tert-OH is 1. The number of nitrogens with two attached hydrogens (primary N) is 1. The molecule has 0 atom stereocenters. The number of nitrogen functional groups attached to an aromatic ring is 1. The largest absolute Gasteiger partial charge is 0.399 e. The number of carbonyl (C=O) groups is 2. The lowest BCUT2D eigenvalue weighted by atomic mass is 9.82. The number of hydrogen-bond donors (Lipinski definition) is 3. The summed E-state index contributed by atoms with van der Waals surface area (Å²) in [5, 5.41) is 11.8. The first-order valence-corrected chi connectivity index (χ1v) is 7.01. The van der Waals surface area contributed by atoms with Crippen LogP contribution in [0.4, 0.5) is 5.69 Å². The van der Waals surface area contributed by atoms with Crippen LogP contribution in [0.2, 0.25) is 0 Å². The Labute approximate surface area is 123 Å². The summed E-state index contributed by atoms with van der Waals surface area (Å²) in [5.41, 5.74) is 6.62. The molecule has 0 unspecified atom stereocenters. The molecule has 0 heterocycles. The van der Waals surface area contributed by atoms with E-state index in [4.69, 9.17) is 5.73 Å². The van der Waals surface area contributed by atoms with Crippen molar-refractivity contribution in [2.75, 3.05) is 25.9 Å². The molecule has 0 radical (unpaired) electrons. The average Bonchev–Trinajstić information content (AvgIpc) is 2.43. The Balaban J connectivity index is 1.75. The Morgan fingerprint density at radius 3 is 2.52 bits per heavy atom. The highest BCUT2D eigenvalue weighted by atomic mass is 16.3. The van der Waals surface area contributed by atoms with Gasteiger partial charge in [0.05, 0.1) is 12.6 Å². The van der Waals surface area contributed by atoms with E-state index in [0.29, 0.717) is 23.7 Å². The lowest BCUT2D eigenvalue weighted by Gasteiger charge is -2.34. The summed E-state index contributed by atoms with van der Waals surface area (Å²) in [6.45, 7) is 0.586. The minimum Gasteiger partial charge on any atom is -0.399 e. The van der Waals surface area contributed by atoms with Crippen LogP contribution in [0, 0.1) is 5.92 Å². The molecule has 0 aliphatic heterocycles. The number of likely N-dealkylation sites (N-methyl/N-ethyl adjacent to an activating group) is 1. The van der Waals surface area contributed by atoms with Crippen LogP contribution < -0.4 is 11.1 Å². The van der Waals surface area contributed by atoms with Gasteiger partial charge in [-0.15, -0.1) is 0 Å². The van der Waals surface area contributed by atoms with Gasteiger partial charge in [0.2, 0.25) is 5.91 Å². The molecule has 6 nitrogen and oxygen atoms in total. The molecular formula is C15H21N3O3. The molecule has 6 heteroatoms. The molecule has 0 spiro atoms. The van der Waals surface area contributed by atoms with E-state index in [0.717, 1.165) is 12.8 Å². The fraction of sp³-hybridized carbons (Fsp3) is 0.467. The standard InChI is InChI=1S/C15H21N3O3/c1-18(9-10-6-13(19)7-10)14(20)8-17-15(21)11-2-4-12(16)5-3-11/h2-5,10,13,19H,6-9,16H2,1H3,(H,17,21). The average molecular weight is 291 g/mol. The molecule has 1 aliphatic rings. The summed E-state index contributed by atoms with van der Waals surface area (Å²) < 4.78 is 0. The van der Waals surface area contributed by atoms with E-state index < -0.39 is 0 Å². The summed E-state index contributed by atoms with van der Waals surface area (Å²) in [4.78, 5) is 25.4. The van der Waals surface area contributed by atoms with Crippen LogP contribution in [-0.4, -0.2) is 48.1 Å². The highest BCUT2D eigenvalue weighted by Crippen LogP contribution is 2.27. The second-order valence-corrected chi connectivity index (χ2v) is 5.57. The van der Waals surface area contributed by atoms with E-state index >= 15 is 0 Å². The first kappa shape index (κ1) is 15.3. The Morgan fingerprint density at radius 1 is 1.33 bits per heavy atom. The van der Waals surface area contributed by atoms with Gasteiger partial charge in [-0.25, -0.2) is 0 Å². The van der Waals surface area contributed by atoms with Crippen LogP contribution in [0.15, 0.2) is 24.3 Å². The zero-order chi connectivity index (χ0) is 15.4. The van der Waals surface area contributed by atoms with Crippen molar-refractivity contribution < 1.29 is 14.7 Å². The van der Waals surface area contributed by atoms with Gasteiger partial charge in [0.25, 0.3) is 5.91 Å². The van der Waals surface area contributed by atoms with Crippen LogP contribution in [0.5, 0.6) is 0 Å². The van der Waals surface area contributed by atoms with Crippen LogP contribution in [-0.2, 0) is 4.79 Å². The van der Waals surface area contributed by atoms with Gasteiger partial charge >= 0.3 is 0 Å². The molecule has 1 saturated carbocycles. The lowest BCUT2D eigenvalue weighted by Crippen LogP contribution is -2.43. The van der Waals surface area contributed by atoms with Crippen LogP contribution in [0.25, 0.3) is 0 Å². The van der Waals surface area contributed by atoms with Gasteiger partial charge in [0, 0.05) is 24.8 Å².